The summed E-state index contributed by atoms with van der Waals surface area (Å²) in [4.78, 5) is 12.7. The minimum Gasteiger partial charge on any atom is -0.373 e. The lowest BCUT2D eigenvalue weighted by Gasteiger charge is -2.34. The molecule has 0 aromatic heterocycles. The molecule has 1 aromatic carbocycles. The Morgan fingerprint density at radius 2 is 2.33 bits per heavy atom. The molecule has 0 bridgehead atoms. The smallest absolute Gasteiger partial charge is 0.292 e. The summed E-state index contributed by atoms with van der Waals surface area (Å²) in [6, 6.07) is 6.84. The van der Waals surface area contributed by atoms with Gasteiger partial charge in [-0.05, 0) is 13.1 Å². The zero-order valence-electron chi connectivity index (χ0n) is 10.3. The maximum atomic E-state index is 11.0. The van der Waals surface area contributed by atoms with E-state index in [9.17, 15) is 10.1 Å². The van der Waals surface area contributed by atoms with Crippen LogP contribution in [0, 0.1) is 10.1 Å². The maximum absolute atomic E-state index is 11.0. The number of nitrogens with zero attached hydrogens (tertiary/aromatic N) is 2. The van der Waals surface area contributed by atoms with Gasteiger partial charge < -0.3 is 15.0 Å². The van der Waals surface area contributed by atoms with E-state index >= 15 is 0 Å². The van der Waals surface area contributed by atoms with Crippen LogP contribution in [0.25, 0.3) is 0 Å². The molecule has 0 radical (unpaired) electrons. The Kier molecular flexibility index (Phi) is 4.11. The highest BCUT2D eigenvalue weighted by Crippen LogP contribution is 2.28. The fraction of sp³-hybridized carbons (Fsp3) is 0.500. The standard InChI is InChI=1S/C12H17N3O3/c1-13-8-10-9-14(6-7-18-10)11-4-2-3-5-12(11)15(16)17/h2-5,10,13H,6-9H2,1H3. The summed E-state index contributed by atoms with van der Waals surface area (Å²) in [7, 11) is 1.87. The maximum Gasteiger partial charge on any atom is 0.292 e. The molecule has 0 saturated carbocycles. The molecule has 18 heavy (non-hydrogen) atoms. The van der Waals surface area contributed by atoms with Crippen molar-refractivity contribution in [1.82, 2.24) is 5.32 Å². The van der Waals surface area contributed by atoms with Crippen molar-refractivity contribution in [3.8, 4) is 0 Å². The van der Waals surface area contributed by atoms with Gasteiger partial charge >= 0.3 is 0 Å². The van der Waals surface area contributed by atoms with Crippen molar-refractivity contribution in [1.29, 1.82) is 0 Å². The van der Waals surface area contributed by atoms with Gasteiger partial charge in [-0.1, -0.05) is 12.1 Å². The molecule has 1 aliphatic heterocycles. The van der Waals surface area contributed by atoms with Gasteiger partial charge in [0, 0.05) is 25.7 Å². The van der Waals surface area contributed by atoms with Gasteiger partial charge in [-0.15, -0.1) is 0 Å². The molecule has 1 atom stereocenters. The van der Waals surface area contributed by atoms with E-state index in [1.54, 1.807) is 12.1 Å². The van der Waals surface area contributed by atoms with E-state index < -0.39 is 0 Å². The Morgan fingerprint density at radius 3 is 3.06 bits per heavy atom. The number of para-hydroxylation sites is 2. The van der Waals surface area contributed by atoms with Crippen LogP contribution in [0.3, 0.4) is 0 Å². The quantitative estimate of drug-likeness (QED) is 0.639. The highest BCUT2D eigenvalue weighted by molar-refractivity contribution is 5.63. The van der Waals surface area contributed by atoms with E-state index in [-0.39, 0.29) is 16.7 Å². The molecule has 1 N–H and O–H groups in total. The van der Waals surface area contributed by atoms with Crippen LogP contribution in [0.5, 0.6) is 0 Å². The van der Waals surface area contributed by atoms with Gasteiger partial charge in [0.05, 0.1) is 17.6 Å². The minimum atomic E-state index is -0.335. The second kappa shape index (κ2) is 5.79. The molecule has 1 fully saturated rings. The van der Waals surface area contributed by atoms with Crippen LogP contribution in [0.2, 0.25) is 0 Å². The Hall–Kier alpha value is -1.66. The normalized spacial score (nSPS) is 19.8. The number of nitro groups is 1. The fourth-order valence-electron chi connectivity index (χ4n) is 2.18. The zero-order chi connectivity index (χ0) is 13.0. The van der Waals surface area contributed by atoms with E-state index in [4.69, 9.17) is 4.74 Å². The number of rotatable bonds is 4. The van der Waals surface area contributed by atoms with Crippen molar-refractivity contribution < 1.29 is 9.66 Å². The first-order valence-electron chi connectivity index (χ1n) is 5.97. The molecule has 2 rings (SSSR count). The summed E-state index contributed by atoms with van der Waals surface area (Å²) in [5, 5.41) is 14.1. The summed E-state index contributed by atoms with van der Waals surface area (Å²) in [5.41, 5.74) is 0.828. The topological polar surface area (TPSA) is 67.6 Å². The first-order valence-corrected chi connectivity index (χ1v) is 5.97. The van der Waals surface area contributed by atoms with Crippen LogP contribution >= 0.6 is 0 Å². The van der Waals surface area contributed by atoms with Gasteiger partial charge in [-0.3, -0.25) is 10.1 Å². The summed E-state index contributed by atoms with van der Waals surface area (Å²) in [6.45, 7) is 2.70. The fourth-order valence-corrected chi connectivity index (χ4v) is 2.18. The van der Waals surface area contributed by atoms with E-state index in [2.05, 4.69) is 5.32 Å². The molecule has 1 heterocycles. The van der Waals surface area contributed by atoms with Gasteiger partial charge in [0.15, 0.2) is 0 Å². The van der Waals surface area contributed by atoms with Crippen molar-refractivity contribution in [2.24, 2.45) is 0 Å². The monoisotopic (exact) mass is 251 g/mol. The number of likely N-dealkylation sites (N-methyl/N-ethyl adjacent to an activating group) is 1. The number of hydrogen-bond donors (Lipinski definition) is 1. The zero-order valence-corrected chi connectivity index (χ0v) is 10.3. The Morgan fingerprint density at radius 1 is 1.56 bits per heavy atom. The van der Waals surface area contributed by atoms with Gasteiger partial charge in [-0.25, -0.2) is 0 Å². The van der Waals surface area contributed by atoms with E-state index in [0.717, 1.165) is 6.54 Å². The van der Waals surface area contributed by atoms with E-state index in [1.165, 1.54) is 6.07 Å². The van der Waals surface area contributed by atoms with Gasteiger partial charge in [-0.2, -0.15) is 0 Å². The molecule has 6 nitrogen and oxygen atoms in total. The lowest BCUT2D eigenvalue weighted by Crippen LogP contribution is -2.46. The second-order valence-electron chi connectivity index (χ2n) is 4.24. The number of benzene rings is 1. The largest absolute Gasteiger partial charge is 0.373 e. The lowest BCUT2D eigenvalue weighted by molar-refractivity contribution is -0.384. The molecule has 6 heteroatoms. The van der Waals surface area contributed by atoms with Crippen molar-refractivity contribution in [3.63, 3.8) is 0 Å². The van der Waals surface area contributed by atoms with Crippen molar-refractivity contribution in [3.05, 3.63) is 34.4 Å². The molecule has 1 aliphatic rings. The summed E-state index contributed by atoms with van der Waals surface area (Å²) >= 11 is 0. The van der Waals surface area contributed by atoms with Gasteiger partial charge in [0.2, 0.25) is 0 Å². The lowest BCUT2D eigenvalue weighted by atomic mass is 10.2. The van der Waals surface area contributed by atoms with Crippen molar-refractivity contribution in [2.75, 3.05) is 38.2 Å². The summed E-state index contributed by atoms with van der Waals surface area (Å²) in [6.07, 6.45) is 0.0727. The number of morpholine rings is 1. The summed E-state index contributed by atoms with van der Waals surface area (Å²) < 4.78 is 5.60. The molecule has 1 aromatic rings. The molecule has 0 aliphatic carbocycles. The van der Waals surface area contributed by atoms with Gasteiger partial charge in [0.25, 0.3) is 5.69 Å². The predicted octanol–water partition coefficient (Wildman–Crippen LogP) is 1.02. The number of nitrogens with one attached hydrogen (secondary N) is 1. The highest BCUT2D eigenvalue weighted by atomic mass is 16.6. The molecule has 98 valence electrons. The molecule has 0 spiro atoms. The molecular formula is C12H17N3O3. The van der Waals surface area contributed by atoms with Crippen LogP contribution in [0.15, 0.2) is 24.3 Å². The van der Waals surface area contributed by atoms with Crippen LogP contribution < -0.4 is 10.2 Å². The van der Waals surface area contributed by atoms with Crippen molar-refractivity contribution >= 4 is 11.4 Å². The highest BCUT2D eigenvalue weighted by Gasteiger charge is 2.25. The van der Waals surface area contributed by atoms with Crippen molar-refractivity contribution in [2.45, 2.75) is 6.10 Å². The SMILES string of the molecule is CNCC1CN(c2ccccc2[N+](=O)[O-])CCO1. The minimum absolute atomic E-state index is 0.0727. The number of ether oxygens (including phenoxy) is 1. The molecule has 0 amide bonds. The van der Waals surface area contributed by atoms with Crippen LogP contribution in [0.1, 0.15) is 0 Å². The van der Waals surface area contributed by atoms with E-state index in [0.29, 0.717) is 25.4 Å². The third-order valence-electron chi connectivity index (χ3n) is 2.99. The molecule has 1 saturated heterocycles. The number of hydrogen-bond acceptors (Lipinski definition) is 5. The average Bonchev–Trinajstić information content (AvgIpc) is 2.39. The third-order valence-corrected chi connectivity index (χ3v) is 2.99. The molecule has 1 unspecified atom stereocenters. The van der Waals surface area contributed by atoms with Crippen LogP contribution in [0.4, 0.5) is 11.4 Å². The Bertz CT molecular complexity index is 423. The number of nitro benzene ring substituents is 1. The average molecular weight is 251 g/mol. The third kappa shape index (κ3) is 2.77. The Labute approximate surface area is 106 Å². The van der Waals surface area contributed by atoms with Crippen LogP contribution in [-0.2, 0) is 4.74 Å². The van der Waals surface area contributed by atoms with Crippen LogP contribution in [-0.4, -0.2) is 44.3 Å². The number of anilines is 1. The summed E-state index contributed by atoms with van der Waals surface area (Å²) in [5.74, 6) is 0. The molecular weight excluding hydrogens is 234 g/mol. The second-order valence-corrected chi connectivity index (χ2v) is 4.24. The predicted molar refractivity (Wildman–Crippen MR) is 69.0 cm³/mol. The first kappa shape index (κ1) is 12.8. The van der Waals surface area contributed by atoms with Gasteiger partial charge in [0.1, 0.15) is 5.69 Å². The van der Waals surface area contributed by atoms with E-state index in [1.807, 2.05) is 18.0 Å². The first-order chi connectivity index (χ1) is 8.72. The Balaban J connectivity index is 2.18.